The van der Waals surface area contributed by atoms with Crippen molar-refractivity contribution in [3.8, 4) is 11.5 Å². The first-order valence-corrected chi connectivity index (χ1v) is 9.51. The Kier molecular flexibility index (Phi) is 6.72. The highest BCUT2D eigenvalue weighted by molar-refractivity contribution is 9.09. The van der Waals surface area contributed by atoms with Gasteiger partial charge < -0.3 is 14.6 Å². The number of hydrogen-bond acceptors (Lipinski definition) is 4. The summed E-state index contributed by atoms with van der Waals surface area (Å²) in [6.07, 6.45) is 2.35. The molecule has 23 heavy (non-hydrogen) atoms. The number of hydrogen-bond donors (Lipinski definition) is 1. The van der Waals surface area contributed by atoms with Crippen LogP contribution in [0.3, 0.4) is 0 Å². The molecule has 0 aliphatic carbocycles. The number of fused-ring (bicyclic) bond motifs is 1. The van der Waals surface area contributed by atoms with Gasteiger partial charge in [0.1, 0.15) is 0 Å². The number of methoxy groups -OCH3 is 1. The minimum absolute atomic E-state index is 0.321. The summed E-state index contributed by atoms with van der Waals surface area (Å²) in [7, 11) is 1.64. The second-order valence-corrected chi connectivity index (χ2v) is 7.38. The summed E-state index contributed by atoms with van der Waals surface area (Å²) < 4.78 is 12.3. The lowest BCUT2D eigenvalue weighted by Gasteiger charge is -2.10. The second-order valence-electron chi connectivity index (χ2n) is 5.42. The van der Waals surface area contributed by atoms with Crippen LogP contribution >= 0.6 is 27.3 Å². The lowest BCUT2D eigenvalue weighted by Crippen LogP contribution is -2.09. The molecular weight excluding hydrogens is 380 g/mol. The molecule has 0 saturated carbocycles. The van der Waals surface area contributed by atoms with E-state index in [1.54, 1.807) is 25.4 Å². The van der Waals surface area contributed by atoms with E-state index in [0.717, 1.165) is 39.8 Å². The zero-order chi connectivity index (χ0) is 16.8. The normalized spacial score (nSPS) is 12.3. The van der Waals surface area contributed by atoms with E-state index >= 15 is 0 Å². The minimum Gasteiger partial charge on any atom is -0.493 e. The number of benzene rings is 1. The maximum absolute atomic E-state index is 10.9. The van der Waals surface area contributed by atoms with E-state index in [4.69, 9.17) is 14.6 Å². The molecule has 0 aliphatic heterocycles. The molecule has 0 radical (unpaired) electrons. The highest BCUT2D eigenvalue weighted by Crippen LogP contribution is 2.37. The van der Waals surface area contributed by atoms with Crippen LogP contribution in [0, 0.1) is 5.92 Å². The Morgan fingerprint density at radius 3 is 2.78 bits per heavy atom. The summed E-state index contributed by atoms with van der Waals surface area (Å²) >= 11 is 5.07. The first-order chi connectivity index (χ1) is 11.0. The number of thiophene rings is 1. The number of rotatable bonds is 9. The Balaban J connectivity index is 2.16. The average molecular weight is 401 g/mol. The highest BCUT2D eigenvalue weighted by Gasteiger charge is 2.13. The second kappa shape index (κ2) is 8.55. The van der Waals surface area contributed by atoms with Crippen molar-refractivity contribution in [1.82, 2.24) is 0 Å². The van der Waals surface area contributed by atoms with Gasteiger partial charge in [-0.3, -0.25) is 4.79 Å². The van der Waals surface area contributed by atoms with Crippen molar-refractivity contribution in [2.45, 2.75) is 26.2 Å². The fourth-order valence-corrected chi connectivity index (χ4v) is 3.54. The van der Waals surface area contributed by atoms with Gasteiger partial charge in [0.2, 0.25) is 0 Å². The van der Waals surface area contributed by atoms with Crippen molar-refractivity contribution in [1.29, 1.82) is 0 Å². The van der Waals surface area contributed by atoms with Crippen LogP contribution in [0.15, 0.2) is 18.2 Å². The number of aryl methyl sites for hydroxylation is 1. The molecule has 1 N–H and O–H groups in total. The van der Waals surface area contributed by atoms with Gasteiger partial charge in [-0.2, -0.15) is 0 Å². The molecule has 0 bridgehead atoms. The molecule has 1 aromatic carbocycles. The Morgan fingerprint density at radius 1 is 1.35 bits per heavy atom. The minimum atomic E-state index is -0.741. The Hall–Kier alpha value is -1.27. The third kappa shape index (κ3) is 4.85. The van der Waals surface area contributed by atoms with Crippen LogP contribution in [0.25, 0.3) is 10.1 Å². The summed E-state index contributed by atoms with van der Waals surface area (Å²) in [4.78, 5) is 12.1. The van der Waals surface area contributed by atoms with Crippen LogP contribution in [-0.4, -0.2) is 30.1 Å². The van der Waals surface area contributed by atoms with E-state index in [9.17, 15) is 4.79 Å². The van der Waals surface area contributed by atoms with Gasteiger partial charge in [0.25, 0.3) is 0 Å². The number of aliphatic carboxylic acids is 1. The number of alkyl halides is 1. The molecule has 2 rings (SSSR count). The van der Waals surface area contributed by atoms with E-state index in [0.29, 0.717) is 13.0 Å². The maximum atomic E-state index is 10.9. The number of carbonyl (C=O) groups is 1. The Morgan fingerprint density at radius 2 is 2.13 bits per heavy atom. The van der Waals surface area contributed by atoms with Crippen LogP contribution < -0.4 is 9.47 Å². The lowest BCUT2D eigenvalue weighted by molar-refractivity contribution is -0.141. The van der Waals surface area contributed by atoms with Crippen molar-refractivity contribution in [2.24, 2.45) is 5.92 Å². The molecule has 0 saturated heterocycles. The van der Waals surface area contributed by atoms with Crippen LogP contribution in [0.2, 0.25) is 0 Å². The quantitative estimate of drug-likeness (QED) is 0.488. The summed E-state index contributed by atoms with van der Waals surface area (Å²) in [5, 5.41) is 11.0. The summed E-state index contributed by atoms with van der Waals surface area (Å²) in [6, 6.07) is 6.11. The van der Waals surface area contributed by atoms with Crippen molar-refractivity contribution < 1.29 is 19.4 Å². The number of carboxylic acids is 1. The highest BCUT2D eigenvalue weighted by atomic mass is 79.9. The average Bonchev–Trinajstić information content (AvgIpc) is 2.93. The molecule has 0 fully saturated rings. The van der Waals surface area contributed by atoms with Gasteiger partial charge in [-0.25, -0.2) is 0 Å². The number of carboxylic acid groups (broad SMARTS) is 1. The van der Waals surface area contributed by atoms with Gasteiger partial charge in [-0.05, 0) is 36.8 Å². The maximum Gasteiger partial charge on any atom is 0.306 e. The first kappa shape index (κ1) is 18.1. The zero-order valence-electron chi connectivity index (χ0n) is 13.3. The van der Waals surface area contributed by atoms with E-state index in [1.807, 2.05) is 12.1 Å². The molecule has 0 aliphatic rings. The van der Waals surface area contributed by atoms with Crippen molar-refractivity contribution in [3.05, 3.63) is 23.1 Å². The summed E-state index contributed by atoms with van der Waals surface area (Å²) in [5.41, 5.74) is 0. The predicted molar refractivity (Wildman–Crippen MR) is 97.4 cm³/mol. The summed E-state index contributed by atoms with van der Waals surface area (Å²) in [5.74, 6) is 0.428. The van der Waals surface area contributed by atoms with Crippen LogP contribution in [-0.2, 0) is 11.2 Å². The number of halogens is 1. The molecule has 1 unspecified atom stereocenters. The third-order valence-corrected chi connectivity index (χ3v) is 5.35. The largest absolute Gasteiger partial charge is 0.493 e. The van der Waals surface area contributed by atoms with Crippen LogP contribution in [0.5, 0.6) is 11.5 Å². The number of ether oxygens (including phenoxy) is 2. The van der Waals surface area contributed by atoms with Gasteiger partial charge in [-0.1, -0.05) is 22.9 Å². The van der Waals surface area contributed by atoms with Gasteiger partial charge >= 0.3 is 5.97 Å². The molecule has 0 spiro atoms. The van der Waals surface area contributed by atoms with Crippen molar-refractivity contribution in [2.75, 3.05) is 19.0 Å². The van der Waals surface area contributed by atoms with E-state index < -0.39 is 5.97 Å². The summed E-state index contributed by atoms with van der Waals surface area (Å²) in [6.45, 7) is 2.38. The van der Waals surface area contributed by atoms with E-state index in [1.165, 1.54) is 4.88 Å². The van der Waals surface area contributed by atoms with E-state index in [-0.39, 0.29) is 5.92 Å². The fraction of sp³-hybridized carbons (Fsp3) is 0.471. The molecule has 2 aromatic rings. The Labute approximate surface area is 148 Å². The zero-order valence-corrected chi connectivity index (χ0v) is 15.7. The molecule has 126 valence electrons. The smallest absolute Gasteiger partial charge is 0.306 e. The molecule has 1 aromatic heterocycles. The van der Waals surface area contributed by atoms with Crippen LogP contribution in [0.1, 0.15) is 24.6 Å². The molecule has 6 heteroatoms. The molecule has 4 nitrogen and oxygen atoms in total. The molecule has 0 amide bonds. The molecular formula is C17H21BrO4S. The predicted octanol–water partition coefficient (Wildman–Crippen LogP) is 4.73. The molecule has 1 heterocycles. The van der Waals surface area contributed by atoms with Gasteiger partial charge in [0.15, 0.2) is 11.5 Å². The lowest BCUT2D eigenvalue weighted by atomic mass is 10.1. The van der Waals surface area contributed by atoms with Gasteiger partial charge in [0.05, 0.1) is 19.6 Å². The van der Waals surface area contributed by atoms with Crippen molar-refractivity contribution >= 4 is 43.3 Å². The monoisotopic (exact) mass is 400 g/mol. The topological polar surface area (TPSA) is 55.8 Å². The first-order valence-electron chi connectivity index (χ1n) is 7.57. The van der Waals surface area contributed by atoms with Gasteiger partial charge in [0, 0.05) is 21.0 Å². The van der Waals surface area contributed by atoms with Crippen LogP contribution in [0.4, 0.5) is 0 Å². The SMILES string of the molecule is COc1cc2sc(CCC(C)C(=O)O)cc2cc1OCCCBr. The standard InChI is InChI=1S/C17H21BrO4S/c1-11(17(19)20)4-5-13-8-12-9-15(22-7-3-6-18)14(21-2)10-16(12)23-13/h8-11H,3-7H2,1-2H3,(H,19,20). The Bertz CT molecular complexity index is 668. The fourth-order valence-electron chi connectivity index (χ4n) is 2.22. The third-order valence-electron chi connectivity index (χ3n) is 3.63. The van der Waals surface area contributed by atoms with Gasteiger partial charge in [-0.15, -0.1) is 11.3 Å². The van der Waals surface area contributed by atoms with Crippen molar-refractivity contribution in [3.63, 3.8) is 0 Å². The van der Waals surface area contributed by atoms with E-state index in [2.05, 4.69) is 22.0 Å². The molecule has 1 atom stereocenters.